The third-order valence-corrected chi connectivity index (χ3v) is 5.22. The molecule has 0 unspecified atom stereocenters. The molecule has 0 radical (unpaired) electrons. The summed E-state index contributed by atoms with van der Waals surface area (Å²) >= 11 is 12.2. The van der Waals surface area contributed by atoms with Gasteiger partial charge in [-0.15, -0.1) is 12.4 Å². The monoisotopic (exact) mass is 465 g/mol. The summed E-state index contributed by atoms with van der Waals surface area (Å²) in [5, 5.41) is 4.80. The molecule has 0 aromatic heterocycles. The van der Waals surface area contributed by atoms with Crippen LogP contribution in [0.25, 0.3) is 0 Å². The maximum Gasteiger partial charge on any atom is 0.161 e. The molecule has 3 nitrogen and oxygen atoms in total. The number of methoxy groups -OCH3 is 1. The van der Waals surface area contributed by atoms with Crippen LogP contribution in [-0.2, 0) is 19.4 Å². The second kappa shape index (κ2) is 12.7. The third kappa shape index (κ3) is 7.41. The van der Waals surface area contributed by atoms with E-state index in [2.05, 4.69) is 23.5 Å². The summed E-state index contributed by atoms with van der Waals surface area (Å²) in [5.41, 5.74) is 3.48. The zero-order chi connectivity index (χ0) is 20.5. The molecule has 0 amide bonds. The Morgan fingerprint density at radius 2 is 1.63 bits per heavy atom. The molecular weight excluding hydrogens is 441 g/mol. The number of rotatable bonds is 10. The SMILES string of the molecule is COc1cc(CNCCc2ccc(Cl)cc2Cl)ccc1OCCc1ccccc1.Cl. The average Bonchev–Trinajstić information content (AvgIpc) is 2.74. The topological polar surface area (TPSA) is 30.5 Å². The van der Waals surface area contributed by atoms with Gasteiger partial charge in [0.2, 0.25) is 0 Å². The number of nitrogens with one attached hydrogen (secondary N) is 1. The van der Waals surface area contributed by atoms with E-state index in [1.807, 2.05) is 42.5 Å². The second-order valence-corrected chi connectivity index (χ2v) is 7.58. The van der Waals surface area contributed by atoms with Crippen molar-refractivity contribution in [3.05, 3.63) is 93.5 Å². The molecular formula is C24H26Cl3NO2. The Labute approximate surface area is 194 Å². The minimum atomic E-state index is 0. The van der Waals surface area contributed by atoms with Gasteiger partial charge in [0.05, 0.1) is 13.7 Å². The normalized spacial score (nSPS) is 10.4. The summed E-state index contributed by atoms with van der Waals surface area (Å²) in [4.78, 5) is 0. The van der Waals surface area contributed by atoms with Crippen LogP contribution in [0.2, 0.25) is 10.0 Å². The number of halogens is 3. The van der Waals surface area contributed by atoms with Crippen LogP contribution in [-0.4, -0.2) is 20.3 Å². The minimum absolute atomic E-state index is 0. The third-order valence-electron chi connectivity index (χ3n) is 4.63. The van der Waals surface area contributed by atoms with E-state index in [0.717, 1.165) is 48.6 Å². The molecule has 0 saturated heterocycles. The summed E-state index contributed by atoms with van der Waals surface area (Å²) in [6.07, 6.45) is 1.70. The highest BCUT2D eigenvalue weighted by atomic mass is 35.5. The summed E-state index contributed by atoms with van der Waals surface area (Å²) < 4.78 is 11.4. The zero-order valence-corrected chi connectivity index (χ0v) is 19.2. The van der Waals surface area contributed by atoms with Gasteiger partial charge >= 0.3 is 0 Å². The highest BCUT2D eigenvalue weighted by molar-refractivity contribution is 6.35. The molecule has 0 atom stereocenters. The number of benzene rings is 3. The Hall–Kier alpha value is -1.91. The maximum atomic E-state index is 6.22. The molecule has 0 heterocycles. The predicted molar refractivity (Wildman–Crippen MR) is 128 cm³/mol. The summed E-state index contributed by atoms with van der Waals surface area (Å²) in [6.45, 7) is 2.17. The van der Waals surface area contributed by atoms with Gasteiger partial charge in [0.15, 0.2) is 11.5 Å². The number of ether oxygens (including phenoxy) is 2. The molecule has 0 spiro atoms. The van der Waals surface area contributed by atoms with Gasteiger partial charge in [-0.1, -0.05) is 65.7 Å². The van der Waals surface area contributed by atoms with Gasteiger partial charge in [-0.25, -0.2) is 0 Å². The maximum absolute atomic E-state index is 6.22. The van der Waals surface area contributed by atoms with Gasteiger partial charge in [0.25, 0.3) is 0 Å². The number of hydrogen-bond donors (Lipinski definition) is 1. The van der Waals surface area contributed by atoms with Crippen molar-refractivity contribution < 1.29 is 9.47 Å². The van der Waals surface area contributed by atoms with E-state index in [4.69, 9.17) is 32.7 Å². The van der Waals surface area contributed by atoms with Crippen LogP contribution in [0.4, 0.5) is 0 Å². The summed E-state index contributed by atoms with van der Waals surface area (Å²) in [7, 11) is 1.67. The molecule has 0 saturated carbocycles. The van der Waals surface area contributed by atoms with E-state index in [0.29, 0.717) is 16.7 Å². The highest BCUT2D eigenvalue weighted by Crippen LogP contribution is 2.28. The second-order valence-electron chi connectivity index (χ2n) is 6.73. The molecule has 0 fully saturated rings. The van der Waals surface area contributed by atoms with Crippen molar-refractivity contribution >= 4 is 35.6 Å². The van der Waals surface area contributed by atoms with Crippen molar-refractivity contribution in [1.29, 1.82) is 0 Å². The van der Waals surface area contributed by atoms with Crippen LogP contribution in [0.3, 0.4) is 0 Å². The molecule has 0 aliphatic carbocycles. The van der Waals surface area contributed by atoms with Gasteiger partial charge < -0.3 is 14.8 Å². The van der Waals surface area contributed by atoms with Gasteiger partial charge in [0, 0.05) is 23.0 Å². The first kappa shape index (κ1) is 24.4. The molecule has 6 heteroatoms. The van der Waals surface area contributed by atoms with E-state index in [-0.39, 0.29) is 12.4 Å². The quantitative estimate of drug-likeness (QED) is 0.352. The first-order chi connectivity index (χ1) is 14.2. The largest absolute Gasteiger partial charge is 0.493 e. The molecule has 3 aromatic rings. The Morgan fingerprint density at radius 3 is 2.37 bits per heavy atom. The predicted octanol–water partition coefficient (Wildman–Crippen LogP) is 6.38. The molecule has 3 aromatic carbocycles. The van der Waals surface area contributed by atoms with Gasteiger partial charge in [-0.2, -0.15) is 0 Å². The molecule has 3 rings (SSSR count). The lowest BCUT2D eigenvalue weighted by molar-refractivity contribution is 0.297. The van der Waals surface area contributed by atoms with E-state index in [1.54, 1.807) is 13.2 Å². The lowest BCUT2D eigenvalue weighted by Crippen LogP contribution is -2.17. The van der Waals surface area contributed by atoms with Crippen LogP contribution in [0.15, 0.2) is 66.7 Å². The molecule has 0 bridgehead atoms. The van der Waals surface area contributed by atoms with Crippen LogP contribution in [0.5, 0.6) is 11.5 Å². The first-order valence-corrected chi connectivity index (χ1v) is 10.4. The van der Waals surface area contributed by atoms with Crippen molar-refractivity contribution in [2.24, 2.45) is 0 Å². The Balaban J connectivity index is 0.00000320. The van der Waals surface area contributed by atoms with Crippen molar-refractivity contribution in [2.75, 3.05) is 20.3 Å². The van der Waals surface area contributed by atoms with Gasteiger partial charge in [0.1, 0.15) is 0 Å². The zero-order valence-electron chi connectivity index (χ0n) is 16.9. The average molecular weight is 467 g/mol. The molecule has 0 aliphatic rings. The van der Waals surface area contributed by atoms with Crippen molar-refractivity contribution in [1.82, 2.24) is 5.32 Å². The van der Waals surface area contributed by atoms with Gasteiger partial charge in [-0.3, -0.25) is 0 Å². The lowest BCUT2D eigenvalue weighted by atomic mass is 10.1. The molecule has 0 aliphatic heterocycles. The smallest absolute Gasteiger partial charge is 0.161 e. The highest BCUT2D eigenvalue weighted by Gasteiger charge is 2.07. The number of hydrogen-bond acceptors (Lipinski definition) is 3. The van der Waals surface area contributed by atoms with Crippen LogP contribution in [0.1, 0.15) is 16.7 Å². The van der Waals surface area contributed by atoms with Crippen LogP contribution in [0, 0.1) is 0 Å². The Morgan fingerprint density at radius 1 is 0.833 bits per heavy atom. The van der Waals surface area contributed by atoms with Crippen LogP contribution >= 0.6 is 35.6 Å². The van der Waals surface area contributed by atoms with Gasteiger partial charge in [-0.05, 0) is 53.9 Å². The Bertz CT molecular complexity index is 920. The summed E-state index contributed by atoms with van der Waals surface area (Å²) in [6, 6.07) is 22.0. The fraction of sp³-hybridized carbons (Fsp3) is 0.250. The van der Waals surface area contributed by atoms with E-state index in [9.17, 15) is 0 Å². The fourth-order valence-electron chi connectivity index (χ4n) is 3.04. The molecule has 160 valence electrons. The van der Waals surface area contributed by atoms with Crippen molar-refractivity contribution in [3.63, 3.8) is 0 Å². The van der Waals surface area contributed by atoms with Crippen molar-refractivity contribution in [3.8, 4) is 11.5 Å². The fourth-order valence-corrected chi connectivity index (χ4v) is 3.55. The standard InChI is InChI=1S/C24H25Cl2NO2.ClH/c1-28-24-15-19(17-27-13-11-20-8-9-21(25)16-22(20)26)7-10-23(24)29-14-12-18-5-3-2-4-6-18;/h2-10,15-16,27H,11-14,17H2,1H3;1H. The van der Waals surface area contributed by atoms with E-state index in [1.165, 1.54) is 5.56 Å². The Kier molecular flexibility index (Phi) is 10.3. The van der Waals surface area contributed by atoms with E-state index >= 15 is 0 Å². The van der Waals surface area contributed by atoms with E-state index < -0.39 is 0 Å². The molecule has 30 heavy (non-hydrogen) atoms. The lowest BCUT2D eigenvalue weighted by Gasteiger charge is -2.13. The first-order valence-electron chi connectivity index (χ1n) is 9.64. The minimum Gasteiger partial charge on any atom is -0.493 e. The molecule has 1 N–H and O–H groups in total. The van der Waals surface area contributed by atoms with Crippen LogP contribution < -0.4 is 14.8 Å². The summed E-state index contributed by atoms with van der Waals surface area (Å²) in [5.74, 6) is 1.51. The van der Waals surface area contributed by atoms with Crippen molar-refractivity contribution in [2.45, 2.75) is 19.4 Å².